The van der Waals surface area contributed by atoms with Gasteiger partial charge in [0.05, 0.1) is 9.83 Å². The summed E-state index contributed by atoms with van der Waals surface area (Å²) in [6, 6.07) is 13.4. The molecule has 0 spiro atoms. The third-order valence-corrected chi connectivity index (χ3v) is 5.97. The number of hydrogen-bond acceptors (Lipinski definition) is 3. The average Bonchev–Trinajstić information content (AvgIpc) is 3.08. The third kappa shape index (κ3) is 2.84. The summed E-state index contributed by atoms with van der Waals surface area (Å²) >= 11 is 7.22. The molecule has 0 amide bonds. The lowest BCUT2D eigenvalue weighted by Gasteiger charge is -2.18. The molecule has 3 aromatic rings. The molecule has 0 aliphatic heterocycles. The number of halogens is 1. The maximum atomic E-state index is 3.69. The Morgan fingerprint density at radius 3 is 2.85 bits per heavy atom. The van der Waals surface area contributed by atoms with Crippen molar-refractivity contribution in [1.29, 1.82) is 0 Å². The first-order chi connectivity index (χ1) is 9.79. The molecule has 0 aliphatic carbocycles. The zero-order valence-electron chi connectivity index (χ0n) is 11.2. The summed E-state index contributed by atoms with van der Waals surface area (Å²) in [5, 5.41) is 7.21. The standard InChI is InChI=1S/C16H16BrNS2/c1-2-9-18-15(13-6-7-14(17)20-13)12-5-3-4-11-8-10-19-16(11)12/h3-8,10,15,18H,2,9H2,1H3. The van der Waals surface area contributed by atoms with E-state index in [4.69, 9.17) is 0 Å². The van der Waals surface area contributed by atoms with Crippen LogP contribution < -0.4 is 5.32 Å². The minimum absolute atomic E-state index is 0.286. The molecule has 1 atom stereocenters. The third-order valence-electron chi connectivity index (χ3n) is 3.30. The molecule has 0 radical (unpaired) electrons. The molecule has 1 N–H and O–H groups in total. The Morgan fingerprint density at radius 1 is 1.20 bits per heavy atom. The largest absolute Gasteiger partial charge is 0.306 e. The van der Waals surface area contributed by atoms with Crippen LogP contribution in [0.5, 0.6) is 0 Å². The Kier molecular flexibility index (Phi) is 4.56. The van der Waals surface area contributed by atoms with Crippen molar-refractivity contribution in [2.75, 3.05) is 6.54 Å². The fourth-order valence-electron chi connectivity index (χ4n) is 2.38. The summed E-state index contributed by atoms with van der Waals surface area (Å²) in [5.41, 5.74) is 1.39. The van der Waals surface area contributed by atoms with E-state index in [0.29, 0.717) is 0 Å². The summed E-state index contributed by atoms with van der Waals surface area (Å²) < 4.78 is 2.58. The quantitative estimate of drug-likeness (QED) is 0.600. The van der Waals surface area contributed by atoms with Gasteiger partial charge in [-0.15, -0.1) is 22.7 Å². The van der Waals surface area contributed by atoms with Crippen molar-refractivity contribution in [3.05, 3.63) is 56.0 Å². The van der Waals surface area contributed by atoms with Crippen LogP contribution in [0, 0.1) is 0 Å². The van der Waals surface area contributed by atoms with E-state index in [0.717, 1.165) is 13.0 Å². The molecular weight excluding hydrogens is 350 g/mol. The Labute approximate surface area is 135 Å². The SMILES string of the molecule is CCCNC(c1ccc(Br)s1)c1cccc2ccsc12. The molecule has 1 nitrogen and oxygen atoms in total. The second-order valence-electron chi connectivity index (χ2n) is 4.72. The maximum absolute atomic E-state index is 3.69. The summed E-state index contributed by atoms with van der Waals surface area (Å²) in [7, 11) is 0. The lowest BCUT2D eigenvalue weighted by atomic mass is 10.0. The topological polar surface area (TPSA) is 12.0 Å². The summed E-state index contributed by atoms with van der Waals surface area (Å²) in [6.07, 6.45) is 1.14. The predicted molar refractivity (Wildman–Crippen MR) is 94.0 cm³/mol. The van der Waals surface area contributed by atoms with Crippen molar-refractivity contribution in [2.24, 2.45) is 0 Å². The zero-order valence-corrected chi connectivity index (χ0v) is 14.4. The first-order valence-corrected chi connectivity index (χ1v) is 9.23. The van der Waals surface area contributed by atoms with E-state index in [1.807, 2.05) is 22.7 Å². The maximum Gasteiger partial charge on any atom is 0.0702 e. The highest BCUT2D eigenvalue weighted by molar-refractivity contribution is 9.11. The van der Waals surface area contributed by atoms with Gasteiger partial charge in [-0.2, -0.15) is 0 Å². The highest BCUT2D eigenvalue weighted by Gasteiger charge is 2.18. The van der Waals surface area contributed by atoms with Gasteiger partial charge in [0.1, 0.15) is 0 Å². The van der Waals surface area contributed by atoms with Gasteiger partial charge in [-0.25, -0.2) is 0 Å². The molecule has 0 aliphatic rings. The Balaban J connectivity index is 2.06. The summed E-state index contributed by atoms with van der Waals surface area (Å²) in [4.78, 5) is 1.37. The van der Waals surface area contributed by atoms with Crippen LogP contribution >= 0.6 is 38.6 Å². The van der Waals surface area contributed by atoms with Gasteiger partial charge in [-0.05, 0) is 63.4 Å². The number of rotatable bonds is 5. The van der Waals surface area contributed by atoms with Crippen molar-refractivity contribution in [3.8, 4) is 0 Å². The van der Waals surface area contributed by atoms with Crippen LogP contribution in [-0.2, 0) is 0 Å². The van der Waals surface area contributed by atoms with Crippen LogP contribution in [0.3, 0.4) is 0 Å². The van der Waals surface area contributed by atoms with Gasteiger partial charge in [-0.1, -0.05) is 25.1 Å². The molecule has 104 valence electrons. The Hall–Kier alpha value is -0.680. The van der Waals surface area contributed by atoms with Gasteiger partial charge < -0.3 is 5.32 Å². The highest BCUT2D eigenvalue weighted by atomic mass is 79.9. The van der Waals surface area contributed by atoms with Crippen molar-refractivity contribution in [3.63, 3.8) is 0 Å². The van der Waals surface area contributed by atoms with Gasteiger partial charge in [0.25, 0.3) is 0 Å². The van der Waals surface area contributed by atoms with Gasteiger partial charge in [0.2, 0.25) is 0 Å². The van der Waals surface area contributed by atoms with E-state index in [9.17, 15) is 0 Å². The lowest BCUT2D eigenvalue weighted by molar-refractivity contribution is 0.609. The molecule has 1 aromatic carbocycles. The van der Waals surface area contributed by atoms with Crippen LogP contribution in [0.1, 0.15) is 29.8 Å². The molecule has 0 saturated carbocycles. The normalized spacial score (nSPS) is 12.9. The predicted octanol–water partition coefficient (Wildman–Crippen LogP) is 5.81. The Morgan fingerprint density at radius 2 is 2.10 bits per heavy atom. The minimum atomic E-state index is 0.286. The van der Waals surface area contributed by atoms with E-state index >= 15 is 0 Å². The van der Waals surface area contributed by atoms with E-state index in [2.05, 4.69) is 69.9 Å². The molecule has 1 unspecified atom stereocenters. The first kappa shape index (κ1) is 14.3. The molecule has 4 heteroatoms. The van der Waals surface area contributed by atoms with Gasteiger partial charge >= 0.3 is 0 Å². The van der Waals surface area contributed by atoms with E-state index in [1.54, 1.807) is 0 Å². The van der Waals surface area contributed by atoms with Crippen molar-refractivity contribution < 1.29 is 0 Å². The number of thiophene rings is 2. The van der Waals surface area contributed by atoms with Crippen molar-refractivity contribution in [2.45, 2.75) is 19.4 Å². The van der Waals surface area contributed by atoms with Crippen LogP contribution in [-0.4, -0.2) is 6.54 Å². The van der Waals surface area contributed by atoms with Gasteiger partial charge in [0, 0.05) is 9.58 Å². The van der Waals surface area contributed by atoms with Gasteiger partial charge in [0.15, 0.2) is 0 Å². The van der Waals surface area contributed by atoms with Crippen LogP contribution in [0.15, 0.2) is 45.6 Å². The molecule has 3 rings (SSSR count). The van der Waals surface area contributed by atoms with Crippen molar-refractivity contribution in [1.82, 2.24) is 5.32 Å². The number of nitrogens with one attached hydrogen (secondary N) is 1. The van der Waals surface area contributed by atoms with E-state index < -0.39 is 0 Å². The second-order valence-corrected chi connectivity index (χ2v) is 8.13. The molecule has 0 fully saturated rings. The van der Waals surface area contributed by atoms with Gasteiger partial charge in [-0.3, -0.25) is 0 Å². The summed E-state index contributed by atoms with van der Waals surface area (Å²) in [5.74, 6) is 0. The van der Waals surface area contributed by atoms with Crippen LogP contribution in [0.4, 0.5) is 0 Å². The molecule has 2 aromatic heterocycles. The zero-order chi connectivity index (χ0) is 13.9. The lowest BCUT2D eigenvalue weighted by Crippen LogP contribution is -2.22. The fourth-order valence-corrected chi connectivity index (χ4v) is 4.84. The van der Waals surface area contributed by atoms with Crippen molar-refractivity contribution >= 4 is 48.7 Å². The molecule has 0 bridgehead atoms. The summed E-state index contributed by atoms with van der Waals surface area (Å²) in [6.45, 7) is 3.24. The number of benzene rings is 1. The van der Waals surface area contributed by atoms with E-state index in [1.165, 1.54) is 24.3 Å². The number of fused-ring (bicyclic) bond motifs is 1. The Bertz CT molecular complexity index is 701. The monoisotopic (exact) mass is 365 g/mol. The molecule has 20 heavy (non-hydrogen) atoms. The molecule has 2 heterocycles. The minimum Gasteiger partial charge on any atom is -0.306 e. The molecular formula is C16H16BrNS2. The fraction of sp³-hybridized carbons (Fsp3) is 0.250. The van der Waals surface area contributed by atoms with Crippen LogP contribution in [0.2, 0.25) is 0 Å². The second kappa shape index (κ2) is 6.39. The average molecular weight is 366 g/mol. The van der Waals surface area contributed by atoms with E-state index in [-0.39, 0.29) is 6.04 Å². The smallest absolute Gasteiger partial charge is 0.0702 e. The highest BCUT2D eigenvalue weighted by Crippen LogP contribution is 2.36. The number of hydrogen-bond donors (Lipinski definition) is 1. The molecule has 0 saturated heterocycles. The first-order valence-electron chi connectivity index (χ1n) is 6.74. The van der Waals surface area contributed by atoms with Crippen LogP contribution in [0.25, 0.3) is 10.1 Å².